The molecule has 0 unspecified atom stereocenters. The molecule has 0 fully saturated rings. The summed E-state index contributed by atoms with van der Waals surface area (Å²) in [5.74, 6) is 2.99. The summed E-state index contributed by atoms with van der Waals surface area (Å²) in [4.78, 5) is 2.30. The molecule has 0 aliphatic rings. The lowest BCUT2D eigenvalue weighted by atomic mass is 10.1. The van der Waals surface area contributed by atoms with Crippen LogP contribution in [0.15, 0.2) is 36.4 Å². The summed E-state index contributed by atoms with van der Waals surface area (Å²) in [6, 6.07) is 11.9. The highest BCUT2D eigenvalue weighted by Gasteiger charge is 2.07. The Kier molecular flexibility index (Phi) is 8.07. The van der Waals surface area contributed by atoms with Crippen LogP contribution in [-0.2, 0) is 6.42 Å². The van der Waals surface area contributed by atoms with Gasteiger partial charge in [0.25, 0.3) is 0 Å². The van der Waals surface area contributed by atoms with Gasteiger partial charge in [0.1, 0.15) is 0 Å². The summed E-state index contributed by atoms with van der Waals surface area (Å²) in [5, 5.41) is 3.42. The van der Waals surface area contributed by atoms with Gasteiger partial charge < -0.3 is 29.2 Å². The number of likely N-dealkylation sites (N-methyl/N-ethyl adjacent to an activating group) is 1. The van der Waals surface area contributed by atoms with E-state index in [1.54, 1.807) is 28.4 Å². The van der Waals surface area contributed by atoms with E-state index in [2.05, 4.69) is 23.3 Å². The Balaban J connectivity index is 1.79. The topological polar surface area (TPSA) is 52.2 Å². The van der Waals surface area contributed by atoms with Crippen molar-refractivity contribution in [1.82, 2.24) is 4.90 Å². The summed E-state index contributed by atoms with van der Waals surface area (Å²) in [5.41, 5.74) is 2.24. The Hall–Kier alpha value is -2.60. The summed E-state index contributed by atoms with van der Waals surface area (Å²) in [6.07, 6.45) is 0.952. The third kappa shape index (κ3) is 5.96. The van der Waals surface area contributed by atoms with Crippen LogP contribution in [0.1, 0.15) is 5.56 Å². The third-order valence-corrected chi connectivity index (χ3v) is 4.44. The molecule has 27 heavy (non-hydrogen) atoms. The molecule has 0 spiro atoms. The average Bonchev–Trinajstić information content (AvgIpc) is 2.71. The van der Waals surface area contributed by atoms with Gasteiger partial charge in [-0.2, -0.15) is 0 Å². The van der Waals surface area contributed by atoms with Gasteiger partial charge in [-0.25, -0.2) is 0 Å². The van der Waals surface area contributed by atoms with E-state index in [0.29, 0.717) is 0 Å². The van der Waals surface area contributed by atoms with Crippen molar-refractivity contribution in [2.24, 2.45) is 0 Å². The molecule has 0 saturated carbocycles. The maximum absolute atomic E-state index is 5.37. The lowest BCUT2D eigenvalue weighted by Gasteiger charge is -2.18. The largest absolute Gasteiger partial charge is 0.493 e. The Bertz CT molecular complexity index is 721. The molecule has 2 rings (SSSR count). The molecule has 0 heterocycles. The quantitative estimate of drug-likeness (QED) is 0.651. The highest BCUT2D eigenvalue weighted by molar-refractivity contribution is 5.54. The van der Waals surface area contributed by atoms with E-state index in [1.165, 1.54) is 5.56 Å². The molecule has 2 aromatic rings. The van der Waals surface area contributed by atoms with Crippen LogP contribution in [0.2, 0.25) is 0 Å². The van der Waals surface area contributed by atoms with Crippen molar-refractivity contribution in [2.45, 2.75) is 6.42 Å². The maximum atomic E-state index is 5.37. The van der Waals surface area contributed by atoms with E-state index in [0.717, 1.165) is 54.7 Å². The van der Waals surface area contributed by atoms with Crippen molar-refractivity contribution in [2.75, 3.05) is 60.4 Å². The van der Waals surface area contributed by atoms with Crippen LogP contribution < -0.4 is 24.3 Å². The zero-order valence-corrected chi connectivity index (χ0v) is 16.9. The lowest BCUT2D eigenvalue weighted by molar-refractivity contribution is 0.347. The molecule has 2 aromatic carbocycles. The van der Waals surface area contributed by atoms with Gasteiger partial charge in [-0.1, -0.05) is 6.07 Å². The minimum atomic E-state index is 0.726. The first-order valence-electron chi connectivity index (χ1n) is 8.96. The molecule has 6 nitrogen and oxygen atoms in total. The zero-order valence-electron chi connectivity index (χ0n) is 16.9. The van der Waals surface area contributed by atoms with Crippen molar-refractivity contribution in [3.8, 4) is 23.0 Å². The fourth-order valence-corrected chi connectivity index (χ4v) is 2.81. The Morgan fingerprint density at radius 1 is 0.741 bits per heavy atom. The van der Waals surface area contributed by atoms with E-state index in [1.807, 2.05) is 30.3 Å². The molecule has 148 valence electrons. The molecule has 1 N–H and O–H groups in total. The van der Waals surface area contributed by atoms with Gasteiger partial charge in [-0.15, -0.1) is 0 Å². The molecule has 0 amide bonds. The fourth-order valence-electron chi connectivity index (χ4n) is 2.81. The molecule has 0 aliphatic heterocycles. The number of hydrogen-bond acceptors (Lipinski definition) is 6. The zero-order chi connectivity index (χ0) is 19.6. The number of ether oxygens (including phenoxy) is 4. The molecule has 0 bridgehead atoms. The van der Waals surface area contributed by atoms with Crippen molar-refractivity contribution in [3.05, 3.63) is 42.0 Å². The van der Waals surface area contributed by atoms with E-state index in [4.69, 9.17) is 18.9 Å². The predicted octanol–water partition coefficient (Wildman–Crippen LogP) is 3.31. The molecule has 0 saturated heterocycles. The molecular formula is C21H30N2O4. The fraction of sp³-hybridized carbons (Fsp3) is 0.429. The summed E-state index contributed by atoms with van der Waals surface area (Å²) >= 11 is 0. The van der Waals surface area contributed by atoms with Gasteiger partial charge in [-0.05, 0) is 43.3 Å². The smallest absolute Gasteiger partial charge is 0.162 e. The molecule has 0 aromatic heterocycles. The molecule has 6 heteroatoms. The number of methoxy groups -OCH3 is 4. The van der Waals surface area contributed by atoms with Crippen LogP contribution in [0.3, 0.4) is 0 Å². The van der Waals surface area contributed by atoms with Gasteiger partial charge in [-0.3, -0.25) is 0 Å². The van der Waals surface area contributed by atoms with Crippen molar-refractivity contribution in [1.29, 1.82) is 0 Å². The molecule has 0 radical (unpaired) electrons. The van der Waals surface area contributed by atoms with Gasteiger partial charge >= 0.3 is 0 Å². The van der Waals surface area contributed by atoms with Crippen LogP contribution in [0, 0.1) is 0 Å². The van der Waals surface area contributed by atoms with Gasteiger partial charge in [0.2, 0.25) is 0 Å². The Morgan fingerprint density at radius 2 is 1.33 bits per heavy atom. The van der Waals surface area contributed by atoms with Crippen LogP contribution >= 0.6 is 0 Å². The highest BCUT2D eigenvalue weighted by Crippen LogP contribution is 2.29. The van der Waals surface area contributed by atoms with E-state index in [-0.39, 0.29) is 0 Å². The SMILES string of the molecule is COc1ccc(CCN(C)CCNc2ccc(OC)c(OC)c2)cc1OC. The van der Waals surface area contributed by atoms with Crippen molar-refractivity contribution < 1.29 is 18.9 Å². The predicted molar refractivity (Wildman–Crippen MR) is 109 cm³/mol. The van der Waals surface area contributed by atoms with E-state index in [9.17, 15) is 0 Å². The molecular weight excluding hydrogens is 344 g/mol. The first-order valence-corrected chi connectivity index (χ1v) is 8.96. The monoisotopic (exact) mass is 374 g/mol. The van der Waals surface area contributed by atoms with Crippen LogP contribution in [-0.4, -0.2) is 60.0 Å². The number of rotatable bonds is 11. The number of anilines is 1. The minimum absolute atomic E-state index is 0.726. The third-order valence-electron chi connectivity index (χ3n) is 4.44. The number of benzene rings is 2. The first kappa shape index (κ1) is 20.7. The Morgan fingerprint density at radius 3 is 1.96 bits per heavy atom. The number of nitrogens with one attached hydrogen (secondary N) is 1. The number of nitrogens with zero attached hydrogens (tertiary/aromatic N) is 1. The van der Waals surface area contributed by atoms with Crippen LogP contribution in [0.5, 0.6) is 23.0 Å². The van der Waals surface area contributed by atoms with E-state index < -0.39 is 0 Å². The summed E-state index contributed by atoms with van der Waals surface area (Å²) in [7, 11) is 8.71. The highest BCUT2D eigenvalue weighted by atomic mass is 16.5. The van der Waals surface area contributed by atoms with Crippen molar-refractivity contribution >= 4 is 5.69 Å². The van der Waals surface area contributed by atoms with Gasteiger partial charge in [0, 0.05) is 31.4 Å². The Labute approximate surface area is 162 Å². The maximum Gasteiger partial charge on any atom is 0.162 e. The second-order valence-electron chi connectivity index (χ2n) is 6.24. The average molecular weight is 374 g/mol. The molecule has 0 atom stereocenters. The van der Waals surface area contributed by atoms with Gasteiger partial charge in [0.05, 0.1) is 28.4 Å². The normalized spacial score (nSPS) is 10.6. The second kappa shape index (κ2) is 10.5. The summed E-state index contributed by atoms with van der Waals surface area (Å²) < 4.78 is 21.2. The van der Waals surface area contributed by atoms with Gasteiger partial charge in [0.15, 0.2) is 23.0 Å². The van der Waals surface area contributed by atoms with Crippen molar-refractivity contribution in [3.63, 3.8) is 0 Å². The van der Waals surface area contributed by atoms with Crippen LogP contribution in [0.4, 0.5) is 5.69 Å². The lowest BCUT2D eigenvalue weighted by Crippen LogP contribution is -2.27. The minimum Gasteiger partial charge on any atom is -0.493 e. The number of hydrogen-bond donors (Lipinski definition) is 1. The van der Waals surface area contributed by atoms with Crippen LogP contribution in [0.25, 0.3) is 0 Å². The standard InChI is InChI=1S/C21H30N2O4/c1-23(12-10-16-6-8-18(24-2)20(14-16)26-4)13-11-22-17-7-9-19(25-3)21(15-17)27-5/h6-9,14-15,22H,10-13H2,1-5H3. The second-order valence-corrected chi connectivity index (χ2v) is 6.24. The first-order chi connectivity index (χ1) is 13.1. The van der Waals surface area contributed by atoms with E-state index >= 15 is 0 Å². The molecule has 0 aliphatic carbocycles. The summed E-state index contributed by atoms with van der Waals surface area (Å²) in [6.45, 7) is 2.74.